The average Bonchev–Trinajstić information content (AvgIpc) is 3.31. The Labute approximate surface area is 154 Å². The molecule has 0 bridgehead atoms. The van der Waals surface area contributed by atoms with Crippen LogP contribution >= 0.6 is 23.1 Å². The van der Waals surface area contributed by atoms with Crippen molar-refractivity contribution < 1.29 is 9.53 Å². The van der Waals surface area contributed by atoms with Crippen LogP contribution in [-0.4, -0.2) is 33.4 Å². The van der Waals surface area contributed by atoms with Crippen LogP contribution in [0.15, 0.2) is 46.9 Å². The maximum atomic E-state index is 12.3. The number of carbonyl (C=O) groups is 1. The van der Waals surface area contributed by atoms with Crippen LogP contribution in [0.25, 0.3) is 10.7 Å². The molecule has 0 aliphatic rings. The molecular weight excluding hydrogens is 356 g/mol. The van der Waals surface area contributed by atoms with Crippen LogP contribution in [0.5, 0.6) is 5.75 Å². The van der Waals surface area contributed by atoms with Gasteiger partial charge in [0.05, 0.1) is 17.2 Å². The molecule has 0 saturated heterocycles. The Hall–Kier alpha value is -2.32. The Bertz CT molecular complexity index is 833. The normalized spacial score (nSPS) is 11.9. The van der Waals surface area contributed by atoms with E-state index >= 15 is 0 Å². The Morgan fingerprint density at radius 1 is 1.36 bits per heavy atom. The topological polar surface area (TPSA) is 79.9 Å². The molecule has 0 aliphatic heterocycles. The molecule has 130 valence electrons. The molecule has 0 fully saturated rings. The third-order valence-corrected chi connectivity index (χ3v) is 5.35. The van der Waals surface area contributed by atoms with Crippen LogP contribution in [0.3, 0.4) is 0 Å². The molecular formula is C17H18N4O2S2. The van der Waals surface area contributed by atoms with Crippen LogP contribution < -0.4 is 10.1 Å². The van der Waals surface area contributed by atoms with Crippen molar-refractivity contribution in [2.24, 2.45) is 0 Å². The minimum absolute atomic E-state index is 0.0709. The number of H-pyrrole nitrogens is 1. The number of thiophene rings is 1. The van der Waals surface area contributed by atoms with Crippen LogP contribution in [-0.2, 0) is 11.3 Å². The molecule has 3 aromatic rings. The van der Waals surface area contributed by atoms with E-state index in [1.54, 1.807) is 18.4 Å². The van der Waals surface area contributed by atoms with E-state index in [1.165, 1.54) is 11.8 Å². The lowest BCUT2D eigenvalue weighted by Gasteiger charge is -2.12. The standard InChI is InChI=1S/C17H18N4O2S2/c1-11(16(22)18-10-12-6-3-4-7-13(12)23-2)25-17-19-15(20-21-17)14-8-5-9-24-14/h3-9,11H,10H2,1-2H3,(H,18,22)(H,19,20,21)/t11-/m1/s1. The van der Waals surface area contributed by atoms with E-state index in [2.05, 4.69) is 20.5 Å². The molecule has 0 unspecified atom stereocenters. The summed E-state index contributed by atoms with van der Waals surface area (Å²) in [6.45, 7) is 2.26. The van der Waals surface area contributed by atoms with Gasteiger partial charge in [0.1, 0.15) is 5.75 Å². The predicted molar refractivity (Wildman–Crippen MR) is 99.9 cm³/mol. The summed E-state index contributed by atoms with van der Waals surface area (Å²) in [7, 11) is 1.62. The number of hydrogen-bond donors (Lipinski definition) is 2. The van der Waals surface area contributed by atoms with Gasteiger partial charge in [0.15, 0.2) is 5.82 Å². The van der Waals surface area contributed by atoms with Gasteiger partial charge in [-0.1, -0.05) is 36.0 Å². The number of nitrogens with zero attached hydrogens (tertiary/aromatic N) is 2. The second-order valence-corrected chi connectivity index (χ2v) is 7.49. The molecule has 0 radical (unpaired) electrons. The molecule has 1 amide bonds. The van der Waals surface area contributed by atoms with E-state index in [9.17, 15) is 4.79 Å². The number of methoxy groups -OCH3 is 1. The molecule has 2 aromatic heterocycles. The molecule has 1 aromatic carbocycles. The Kier molecular flexibility index (Phi) is 5.72. The number of para-hydroxylation sites is 1. The third kappa shape index (κ3) is 4.40. The maximum absolute atomic E-state index is 12.3. The Morgan fingerprint density at radius 3 is 2.96 bits per heavy atom. The summed E-state index contributed by atoms with van der Waals surface area (Å²) in [5.41, 5.74) is 0.938. The maximum Gasteiger partial charge on any atom is 0.233 e. The number of nitrogens with one attached hydrogen (secondary N) is 2. The highest BCUT2D eigenvalue weighted by atomic mass is 32.2. The zero-order valence-electron chi connectivity index (χ0n) is 13.9. The van der Waals surface area contributed by atoms with E-state index in [-0.39, 0.29) is 11.2 Å². The van der Waals surface area contributed by atoms with Gasteiger partial charge in [0.25, 0.3) is 0 Å². The summed E-state index contributed by atoms with van der Waals surface area (Å²) in [4.78, 5) is 17.8. The van der Waals surface area contributed by atoms with Crippen molar-refractivity contribution in [3.63, 3.8) is 0 Å². The SMILES string of the molecule is COc1ccccc1CNC(=O)[C@@H](C)Sc1n[nH]c(-c2cccs2)n1. The van der Waals surface area contributed by atoms with Gasteiger partial charge in [0, 0.05) is 12.1 Å². The number of hydrogen-bond acceptors (Lipinski definition) is 6. The van der Waals surface area contributed by atoms with Crippen molar-refractivity contribution in [3.05, 3.63) is 47.3 Å². The predicted octanol–water partition coefficient (Wildman–Crippen LogP) is 3.34. The van der Waals surface area contributed by atoms with E-state index in [0.29, 0.717) is 11.7 Å². The first kappa shape index (κ1) is 17.5. The van der Waals surface area contributed by atoms with Crippen molar-refractivity contribution >= 4 is 29.0 Å². The van der Waals surface area contributed by atoms with Crippen molar-refractivity contribution in [1.82, 2.24) is 20.5 Å². The highest BCUT2D eigenvalue weighted by molar-refractivity contribution is 8.00. The summed E-state index contributed by atoms with van der Waals surface area (Å²) in [6.07, 6.45) is 0. The number of ether oxygens (including phenoxy) is 1. The molecule has 1 atom stereocenters. The molecule has 6 nitrogen and oxygen atoms in total. The fraction of sp³-hybridized carbons (Fsp3) is 0.235. The molecule has 8 heteroatoms. The van der Waals surface area contributed by atoms with E-state index in [1.807, 2.05) is 48.7 Å². The highest BCUT2D eigenvalue weighted by Gasteiger charge is 2.18. The molecule has 0 aliphatic carbocycles. The van der Waals surface area contributed by atoms with Crippen molar-refractivity contribution in [1.29, 1.82) is 0 Å². The molecule has 2 heterocycles. The quantitative estimate of drug-likeness (QED) is 0.620. The average molecular weight is 374 g/mol. The van der Waals surface area contributed by atoms with Crippen molar-refractivity contribution in [3.8, 4) is 16.5 Å². The van der Waals surface area contributed by atoms with Gasteiger partial charge < -0.3 is 10.1 Å². The van der Waals surface area contributed by atoms with Gasteiger partial charge >= 0.3 is 0 Å². The zero-order chi connectivity index (χ0) is 17.6. The van der Waals surface area contributed by atoms with Gasteiger partial charge in [-0.2, -0.15) is 0 Å². The summed E-state index contributed by atoms with van der Waals surface area (Å²) in [6, 6.07) is 11.6. The fourth-order valence-corrected chi connectivity index (χ4v) is 3.62. The summed E-state index contributed by atoms with van der Waals surface area (Å²) >= 11 is 2.91. The van der Waals surface area contributed by atoms with Crippen LogP contribution in [0.1, 0.15) is 12.5 Å². The number of amides is 1. The number of carbonyl (C=O) groups excluding carboxylic acids is 1. The van der Waals surface area contributed by atoms with Crippen LogP contribution in [0.2, 0.25) is 0 Å². The molecule has 3 rings (SSSR count). The smallest absolute Gasteiger partial charge is 0.233 e. The summed E-state index contributed by atoms with van der Waals surface area (Å²) in [5, 5.41) is 12.2. The summed E-state index contributed by atoms with van der Waals surface area (Å²) < 4.78 is 5.29. The molecule has 2 N–H and O–H groups in total. The second-order valence-electron chi connectivity index (χ2n) is 5.23. The van der Waals surface area contributed by atoms with Gasteiger partial charge in [-0.3, -0.25) is 9.89 Å². The first-order valence-electron chi connectivity index (χ1n) is 7.70. The van der Waals surface area contributed by atoms with Gasteiger partial charge in [0.2, 0.25) is 11.1 Å². The fourth-order valence-electron chi connectivity index (χ4n) is 2.21. The number of aromatic amines is 1. The molecule has 0 saturated carbocycles. The largest absolute Gasteiger partial charge is 0.496 e. The van der Waals surface area contributed by atoms with Crippen LogP contribution in [0.4, 0.5) is 0 Å². The third-order valence-electron chi connectivity index (χ3n) is 3.52. The molecule has 25 heavy (non-hydrogen) atoms. The monoisotopic (exact) mass is 374 g/mol. The second kappa shape index (κ2) is 8.17. The van der Waals surface area contributed by atoms with E-state index in [4.69, 9.17) is 4.74 Å². The Balaban J connectivity index is 1.56. The van der Waals surface area contributed by atoms with E-state index in [0.717, 1.165) is 22.0 Å². The number of aromatic nitrogens is 3. The lowest BCUT2D eigenvalue weighted by atomic mass is 10.2. The number of benzene rings is 1. The minimum Gasteiger partial charge on any atom is -0.496 e. The lowest BCUT2D eigenvalue weighted by molar-refractivity contribution is -0.120. The first-order valence-corrected chi connectivity index (χ1v) is 9.46. The summed E-state index contributed by atoms with van der Waals surface area (Å²) in [5.74, 6) is 1.41. The highest BCUT2D eigenvalue weighted by Crippen LogP contribution is 2.25. The number of rotatable bonds is 7. The van der Waals surface area contributed by atoms with Gasteiger partial charge in [-0.15, -0.1) is 16.4 Å². The van der Waals surface area contributed by atoms with Crippen LogP contribution in [0, 0.1) is 0 Å². The van der Waals surface area contributed by atoms with Gasteiger partial charge in [-0.25, -0.2) is 4.98 Å². The Morgan fingerprint density at radius 2 is 2.20 bits per heavy atom. The minimum atomic E-state index is -0.304. The zero-order valence-corrected chi connectivity index (χ0v) is 15.5. The first-order chi connectivity index (χ1) is 12.2. The van der Waals surface area contributed by atoms with E-state index < -0.39 is 0 Å². The van der Waals surface area contributed by atoms with Crippen molar-refractivity contribution in [2.75, 3.05) is 7.11 Å². The lowest BCUT2D eigenvalue weighted by Crippen LogP contribution is -2.30. The van der Waals surface area contributed by atoms with Gasteiger partial charge in [-0.05, 0) is 24.4 Å². The molecule has 0 spiro atoms. The van der Waals surface area contributed by atoms with Crippen molar-refractivity contribution in [2.45, 2.75) is 23.9 Å². The number of thioether (sulfide) groups is 1.